The molecule has 0 unspecified atom stereocenters. The molecule has 0 atom stereocenters. The zero-order valence-electron chi connectivity index (χ0n) is 11.6. The van der Waals surface area contributed by atoms with Crippen LogP contribution in [0.2, 0.25) is 0 Å². The molecule has 1 aromatic heterocycles. The molecule has 4 nitrogen and oxygen atoms in total. The van der Waals surface area contributed by atoms with Crippen molar-refractivity contribution in [2.75, 3.05) is 12.3 Å². The standard InChI is InChI=1S/C15H18N2O2S2/c18-15(17-19-11-13-5-2-1-3-6-13)16-8-10-20-12-14-7-4-9-21-14/h1-7,9H,8,10-12H2,(H2,16,17,18). The van der Waals surface area contributed by atoms with Gasteiger partial charge in [0.25, 0.3) is 0 Å². The fourth-order valence-electron chi connectivity index (χ4n) is 1.60. The Morgan fingerprint density at radius 2 is 2.05 bits per heavy atom. The zero-order chi connectivity index (χ0) is 14.8. The number of thiophene rings is 1. The van der Waals surface area contributed by atoms with E-state index in [-0.39, 0.29) is 6.03 Å². The summed E-state index contributed by atoms with van der Waals surface area (Å²) < 4.78 is 0. The van der Waals surface area contributed by atoms with E-state index < -0.39 is 0 Å². The molecule has 2 N–H and O–H groups in total. The number of carbonyl (C=O) groups is 1. The quantitative estimate of drug-likeness (QED) is 0.578. The van der Waals surface area contributed by atoms with Crippen molar-refractivity contribution in [1.29, 1.82) is 0 Å². The van der Waals surface area contributed by atoms with E-state index >= 15 is 0 Å². The normalized spacial score (nSPS) is 10.3. The van der Waals surface area contributed by atoms with Crippen molar-refractivity contribution >= 4 is 29.1 Å². The van der Waals surface area contributed by atoms with Gasteiger partial charge in [-0.2, -0.15) is 11.8 Å². The van der Waals surface area contributed by atoms with Crippen molar-refractivity contribution in [3.8, 4) is 0 Å². The molecule has 2 aromatic rings. The van der Waals surface area contributed by atoms with Gasteiger partial charge in [-0.25, -0.2) is 10.3 Å². The highest BCUT2D eigenvalue weighted by atomic mass is 32.2. The number of hydroxylamine groups is 1. The first-order valence-electron chi connectivity index (χ1n) is 6.64. The molecule has 0 fully saturated rings. The lowest BCUT2D eigenvalue weighted by molar-refractivity contribution is 0.0493. The van der Waals surface area contributed by atoms with Crippen molar-refractivity contribution in [2.24, 2.45) is 0 Å². The fourth-order valence-corrected chi connectivity index (χ4v) is 3.30. The van der Waals surface area contributed by atoms with Crippen LogP contribution in [0, 0.1) is 0 Å². The maximum Gasteiger partial charge on any atom is 0.338 e. The summed E-state index contributed by atoms with van der Waals surface area (Å²) in [6, 6.07) is 13.6. The molecule has 21 heavy (non-hydrogen) atoms. The molecular weight excluding hydrogens is 304 g/mol. The first kappa shape index (κ1) is 15.9. The van der Waals surface area contributed by atoms with Crippen LogP contribution in [0.25, 0.3) is 0 Å². The van der Waals surface area contributed by atoms with Crippen LogP contribution in [0.15, 0.2) is 47.8 Å². The minimum atomic E-state index is -0.303. The van der Waals surface area contributed by atoms with Crippen molar-refractivity contribution in [1.82, 2.24) is 10.8 Å². The highest BCUT2D eigenvalue weighted by molar-refractivity contribution is 7.98. The van der Waals surface area contributed by atoms with Crippen LogP contribution in [0.3, 0.4) is 0 Å². The van der Waals surface area contributed by atoms with Gasteiger partial charge in [0, 0.05) is 22.9 Å². The predicted molar refractivity (Wildman–Crippen MR) is 88.2 cm³/mol. The minimum absolute atomic E-state index is 0.303. The summed E-state index contributed by atoms with van der Waals surface area (Å²) in [6.45, 7) is 0.984. The number of hydrogen-bond donors (Lipinski definition) is 2. The van der Waals surface area contributed by atoms with E-state index in [4.69, 9.17) is 4.84 Å². The monoisotopic (exact) mass is 322 g/mol. The van der Waals surface area contributed by atoms with Gasteiger partial charge in [0.1, 0.15) is 0 Å². The van der Waals surface area contributed by atoms with E-state index in [1.165, 1.54) is 4.88 Å². The van der Waals surface area contributed by atoms with Crippen LogP contribution in [-0.4, -0.2) is 18.3 Å². The zero-order valence-corrected chi connectivity index (χ0v) is 13.2. The molecule has 0 aliphatic rings. The average Bonchev–Trinajstić information content (AvgIpc) is 3.01. The topological polar surface area (TPSA) is 50.4 Å². The van der Waals surface area contributed by atoms with Crippen LogP contribution in [0.1, 0.15) is 10.4 Å². The van der Waals surface area contributed by atoms with Gasteiger partial charge >= 0.3 is 6.03 Å². The Bertz CT molecular complexity index is 518. The molecule has 2 amide bonds. The second-order valence-corrected chi connectivity index (χ2v) is 6.40. The van der Waals surface area contributed by atoms with E-state index in [9.17, 15) is 4.79 Å². The van der Waals surface area contributed by atoms with Gasteiger partial charge in [0.2, 0.25) is 0 Å². The molecule has 0 bridgehead atoms. The fraction of sp³-hybridized carbons (Fsp3) is 0.267. The smallest absolute Gasteiger partial charge is 0.336 e. The predicted octanol–water partition coefficient (Wildman–Crippen LogP) is 3.41. The van der Waals surface area contributed by atoms with Crippen molar-refractivity contribution < 1.29 is 9.63 Å². The SMILES string of the molecule is O=C(NCCSCc1cccs1)NOCc1ccccc1. The lowest BCUT2D eigenvalue weighted by atomic mass is 10.2. The molecular formula is C15H18N2O2S2. The highest BCUT2D eigenvalue weighted by Gasteiger charge is 2.00. The summed E-state index contributed by atoms with van der Waals surface area (Å²) in [5.41, 5.74) is 3.40. The Balaban J connectivity index is 1.48. The second-order valence-electron chi connectivity index (χ2n) is 4.26. The van der Waals surface area contributed by atoms with Crippen molar-refractivity contribution in [3.63, 3.8) is 0 Å². The average molecular weight is 322 g/mol. The number of amides is 2. The Hall–Kier alpha value is -1.50. The largest absolute Gasteiger partial charge is 0.338 e. The van der Waals surface area contributed by atoms with Gasteiger partial charge in [-0.3, -0.25) is 4.84 Å². The lowest BCUT2D eigenvalue weighted by Crippen LogP contribution is -2.36. The van der Waals surface area contributed by atoms with E-state index in [0.717, 1.165) is 17.1 Å². The van der Waals surface area contributed by atoms with Crippen molar-refractivity contribution in [3.05, 3.63) is 58.3 Å². The van der Waals surface area contributed by atoms with E-state index in [0.29, 0.717) is 13.2 Å². The summed E-state index contributed by atoms with van der Waals surface area (Å²) >= 11 is 3.56. The maximum absolute atomic E-state index is 11.5. The van der Waals surface area contributed by atoms with E-state index in [2.05, 4.69) is 28.3 Å². The maximum atomic E-state index is 11.5. The summed E-state index contributed by atoms with van der Waals surface area (Å²) in [6.07, 6.45) is 0. The molecule has 112 valence electrons. The van der Waals surface area contributed by atoms with Crippen LogP contribution >= 0.6 is 23.1 Å². The molecule has 1 heterocycles. The Kier molecular flexibility index (Phi) is 7.14. The van der Waals surface area contributed by atoms with Crippen LogP contribution in [0.4, 0.5) is 4.79 Å². The minimum Gasteiger partial charge on any atom is -0.336 e. The highest BCUT2D eigenvalue weighted by Crippen LogP contribution is 2.16. The molecule has 0 radical (unpaired) electrons. The Labute approximate surface area is 132 Å². The number of rotatable bonds is 8. The van der Waals surface area contributed by atoms with Gasteiger partial charge in [0.15, 0.2) is 0 Å². The number of urea groups is 1. The lowest BCUT2D eigenvalue weighted by Gasteiger charge is -2.07. The number of thioether (sulfide) groups is 1. The number of nitrogens with one attached hydrogen (secondary N) is 2. The summed E-state index contributed by atoms with van der Waals surface area (Å²) in [5.74, 6) is 1.87. The summed E-state index contributed by atoms with van der Waals surface area (Å²) in [5, 5.41) is 4.83. The van der Waals surface area contributed by atoms with Gasteiger partial charge in [-0.1, -0.05) is 36.4 Å². The van der Waals surface area contributed by atoms with Gasteiger partial charge in [0.05, 0.1) is 6.61 Å². The van der Waals surface area contributed by atoms with E-state index in [1.54, 1.807) is 23.1 Å². The number of carbonyl (C=O) groups excluding carboxylic acids is 1. The third kappa shape index (κ3) is 6.66. The summed E-state index contributed by atoms with van der Waals surface area (Å²) in [7, 11) is 0. The second kappa shape index (κ2) is 9.44. The third-order valence-corrected chi connectivity index (χ3v) is 4.67. The molecule has 0 saturated carbocycles. The molecule has 0 aliphatic carbocycles. The van der Waals surface area contributed by atoms with Crippen LogP contribution in [0.5, 0.6) is 0 Å². The summed E-state index contributed by atoms with van der Waals surface area (Å²) in [4.78, 5) is 18.0. The molecule has 1 aromatic carbocycles. The molecule has 0 saturated heterocycles. The third-order valence-electron chi connectivity index (χ3n) is 2.60. The van der Waals surface area contributed by atoms with Gasteiger partial charge in [-0.15, -0.1) is 11.3 Å². The molecule has 2 rings (SSSR count). The van der Waals surface area contributed by atoms with Crippen molar-refractivity contribution in [2.45, 2.75) is 12.4 Å². The van der Waals surface area contributed by atoms with Gasteiger partial charge < -0.3 is 5.32 Å². The molecule has 6 heteroatoms. The van der Waals surface area contributed by atoms with Crippen LogP contribution < -0.4 is 10.8 Å². The Morgan fingerprint density at radius 3 is 2.81 bits per heavy atom. The van der Waals surface area contributed by atoms with Gasteiger partial charge in [-0.05, 0) is 17.0 Å². The number of hydrogen-bond acceptors (Lipinski definition) is 4. The molecule has 0 spiro atoms. The first-order chi connectivity index (χ1) is 10.3. The Morgan fingerprint density at radius 1 is 1.19 bits per heavy atom. The molecule has 0 aliphatic heterocycles. The number of benzene rings is 1. The van der Waals surface area contributed by atoms with Crippen LogP contribution in [-0.2, 0) is 17.2 Å². The first-order valence-corrected chi connectivity index (χ1v) is 8.68. The van der Waals surface area contributed by atoms with E-state index in [1.807, 2.05) is 30.3 Å².